The third-order valence-corrected chi connectivity index (χ3v) is 8.92. The Morgan fingerprint density at radius 2 is 1.61 bits per heavy atom. The Bertz CT molecular complexity index is 915. The molecule has 1 saturated carbocycles. The van der Waals surface area contributed by atoms with Gasteiger partial charge in [0.15, 0.2) is 0 Å². The monoisotopic (exact) mass is 453 g/mol. The smallest absolute Gasteiger partial charge is 0.343 e. The summed E-state index contributed by atoms with van der Waals surface area (Å²) in [6, 6.07) is 1.91. The Kier molecular flexibility index (Phi) is 5.69. The Morgan fingerprint density at radius 3 is 2.24 bits per heavy atom. The maximum Gasteiger partial charge on any atom is 0.343 e. The van der Waals surface area contributed by atoms with E-state index in [1.807, 2.05) is 19.9 Å². The van der Waals surface area contributed by atoms with Gasteiger partial charge in [0.1, 0.15) is 17.0 Å². The molecule has 0 bridgehead atoms. The molecule has 1 amide bonds. The van der Waals surface area contributed by atoms with Crippen LogP contribution in [-0.4, -0.2) is 47.9 Å². The maximum absolute atomic E-state index is 13.2. The fourth-order valence-electron chi connectivity index (χ4n) is 7.03. The highest BCUT2D eigenvalue weighted by molar-refractivity contribution is 5.99. The molecule has 2 unspecified atom stereocenters. The van der Waals surface area contributed by atoms with Crippen molar-refractivity contribution in [2.24, 2.45) is 23.2 Å². The topological polar surface area (TPSA) is 62.7 Å². The van der Waals surface area contributed by atoms with E-state index in [0.717, 1.165) is 76.1 Å². The van der Waals surface area contributed by atoms with Gasteiger partial charge < -0.3 is 14.5 Å². The van der Waals surface area contributed by atoms with Gasteiger partial charge in [-0.15, -0.1) is 0 Å². The standard InChI is InChI=1S/C27H39N3O3/c1-18-15-19(2)17-20(16-18)24(31)30-13-8-27(9-14-30)6-11-29(12-7-27)23-22-21(5-10-28-23)26(3,4)33-25(22)32/h5,10,18-20H,6-9,11-17H2,1-4H3. The van der Waals surface area contributed by atoms with Gasteiger partial charge >= 0.3 is 5.97 Å². The summed E-state index contributed by atoms with van der Waals surface area (Å²) >= 11 is 0. The average Bonchev–Trinajstić information content (AvgIpc) is 3.02. The van der Waals surface area contributed by atoms with Crippen LogP contribution in [0.5, 0.6) is 0 Å². The van der Waals surface area contributed by atoms with Gasteiger partial charge in [0, 0.05) is 43.9 Å². The number of ether oxygens (including phenoxy) is 1. The molecule has 2 saturated heterocycles. The zero-order valence-corrected chi connectivity index (χ0v) is 20.7. The number of fused-ring (bicyclic) bond motifs is 1. The highest BCUT2D eigenvalue weighted by Crippen LogP contribution is 2.45. The Labute approximate surface area is 198 Å². The van der Waals surface area contributed by atoms with Crippen LogP contribution in [0.1, 0.15) is 88.6 Å². The van der Waals surface area contributed by atoms with Gasteiger partial charge in [-0.25, -0.2) is 9.78 Å². The summed E-state index contributed by atoms with van der Waals surface area (Å²) < 4.78 is 5.61. The molecule has 1 spiro atoms. The summed E-state index contributed by atoms with van der Waals surface area (Å²) in [6.45, 7) is 12.1. The van der Waals surface area contributed by atoms with Gasteiger partial charge in [-0.2, -0.15) is 0 Å². The number of aromatic nitrogens is 1. The number of carbonyl (C=O) groups excluding carboxylic acids is 2. The first kappa shape index (κ1) is 22.7. The normalized spacial score (nSPS) is 30.8. The van der Waals surface area contributed by atoms with E-state index < -0.39 is 5.60 Å². The Balaban J connectivity index is 1.20. The minimum Gasteiger partial charge on any atom is -0.451 e. The van der Waals surface area contributed by atoms with E-state index in [4.69, 9.17) is 4.74 Å². The van der Waals surface area contributed by atoms with Gasteiger partial charge in [0.25, 0.3) is 0 Å². The largest absolute Gasteiger partial charge is 0.451 e. The summed E-state index contributed by atoms with van der Waals surface area (Å²) in [5.74, 6) is 2.50. The summed E-state index contributed by atoms with van der Waals surface area (Å²) in [6.07, 6.45) is 9.57. The number of hydrogen-bond acceptors (Lipinski definition) is 5. The fraction of sp³-hybridized carbons (Fsp3) is 0.741. The van der Waals surface area contributed by atoms with Gasteiger partial charge in [-0.3, -0.25) is 4.79 Å². The lowest BCUT2D eigenvalue weighted by Crippen LogP contribution is -2.50. The first-order valence-electron chi connectivity index (χ1n) is 12.9. The van der Waals surface area contributed by atoms with Gasteiger partial charge in [0.05, 0.1) is 0 Å². The number of anilines is 1. The second-order valence-electron chi connectivity index (χ2n) is 11.9. The fourth-order valence-corrected chi connectivity index (χ4v) is 7.03. The summed E-state index contributed by atoms with van der Waals surface area (Å²) in [4.78, 5) is 34.8. The molecule has 4 aliphatic rings. The highest BCUT2D eigenvalue weighted by atomic mass is 16.6. The minimum atomic E-state index is -0.589. The maximum atomic E-state index is 13.2. The van der Waals surface area contributed by atoms with Crippen molar-refractivity contribution in [2.45, 2.75) is 78.2 Å². The molecule has 0 radical (unpaired) electrons. The summed E-state index contributed by atoms with van der Waals surface area (Å²) in [7, 11) is 0. The van der Waals surface area contributed by atoms with Crippen molar-refractivity contribution in [3.05, 3.63) is 23.4 Å². The third kappa shape index (κ3) is 4.15. The molecule has 5 rings (SSSR count). The van der Waals surface area contributed by atoms with Crippen molar-refractivity contribution in [3.63, 3.8) is 0 Å². The van der Waals surface area contributed by atoms with E-state index in [-0.39, 0.29) is 11.9 Å². The molecule has 1 aromatic heterocycles. The molecule has 1 aliphatic carbocycles. The number of nitrogens with zero attached hydrogens (tertiary/aromatic N) is 3. The number of esters is 1. The number of piperidine rings is 2. The molecule has 0 N–H and O–H groups in total. The van der Waals surface area contributed by atoms with Crippen LogP contribution < -0.4 is 4.90 Å². The van der Waals surface area contributed by atoms with Crippen LogP contribution in [0.4, 0.5) is 5.82 Å². The SMILES string of the molecule is CC1CC(C)CC(C(=O)N2CCC3(CC2)CCN(c2nccc4c2C(=O)OC4(C)C)CC3)C1. The lowest BCUT2D eigenvalue weighted by atomic mass is 9.70. The van der Waals surface area contributed by atoms with Crippen molar-refractivity contribution >= 4 is 17.7 Å². The van der Waals surface area contributed by atoms with Gasteiger partial charge in [-0.05, 0) is 82.1 Å². The molecule has 180 valence electrons. The quantitative estimate of drug-likeness (QED) is 0.604. The third-order valence-electron chi connectivity index (χ3n) is 8.92. The molecule has 3 aliphatic heterocycles. The van der Waals surface area contributed by atoms with Crippen molar-refractivity contribution in [3.8, 4) is 0 Å². The van der Waals surface area contributed by atoms with Crippen molar-refractivity contribution < 1.29 is 14.3 Å². The highest BCUT2D eigenvalue weighted by Gasteiger charge is 2.44. The van der Waals surface area contributed by atoms with Crippen LogP contribution in [0.15, 0.2) is 12.3 Å². The number of pyridine rings is 1. The summed E-state index contributed by atoms with van der Waals surface area (Å²) in [5, 5.41) is 0. The Morgan fingerprint density at radius 1 is 1.00 bits per heavy atom. The van der Waals surface area contributed by atoms with E-state index in [1.54, 1.807) is 6.20 Å². The molecule has 4 heterocycles. The number of carbonyl (C=O) groups is 2. The number of cyclic esters (lactones) is 1. The predicted octanol–water partition coefficient (Wildman–Crippen LogP) is 4.77. The van der Waals surface area contributed by atoms with Crippen molar-refractivity contribution in [1.29, 1.82) is 0 Å². The average molecular weight is 454 g/mol. The molecule has 0 aromatic carbocycles. The zero-order chi connectivity index (χ0) is 23.4. The minimum absolute atomic E-state index is 0.231. The molecule has 6 nitrogen and oxygen atoms in total. The first-order chi connectivity index (χ1) is 15.7. The van der Waals surface area contributed by atoms with Crippen molar-refractivity contribution in [2.75, 3.05) is 31.1 Å². The predicted molar refractivity (Wildman–Crippen MR) is 128 cm³/mol. The van der Waals surface area contributed by atoms with Crippen LogP contribution >= 0.6 is 0 Å². The van der Waals surface area contributed by atoms with E-state index in [1.165, 1.54) is 6.42 Å². The van der Waals surface area contributed by atoms with Crippen LogP contribution in [0.2, 0.25) is 0 Å². The van der Waals surface area contributed by atoms with E-state index in [0.29, 0.717) is 28.7 Å². The molecule has 33 heavy (non-hydrogen) atoms. The van der Waals surface area contributed by atoms with Gasteiger partial charge in [-0.1, -0.05) is 13.8 Å². The lowest BCUT2D eigenvalue weighted by Gasteiger charge is -2.48. The lowest BCUT2D eigenvalue weighted by molar-refractivity contribution is -0.140. The van der Waals surface area contributed by atoms with E-state index >= 15 is 0 Å². The van der Waals surface area contributed by atoms with E-state index in [2.05, 4.69) is 28.6 Å². The van der Waals surface area contributed by atoms with Crippen LogP contribution in [0, 0.1) is 23.2 Å². The molecular weight excluding hydrogens is 414 g/mol. The number of amides is 1. The van der Waals surface area contributed by atoms with Crippen LogP contribution in [0.3, 0.4) is 0 Å². The van der Waals surface area contributed by atoms with E-state index in [9.17, 15) is 9.59 Å². The molecular formula is C27H39N3O3. The number of hydrogen-bond donors (Lipinski definition) is 0. The second kappa shape index (κ2) is 8.28. The molecule has 3 fully saturated rings. The molecule has 6 heteroatoms. The number of likely N-dealkylation sites (tertiary alicyclic amines) is 1. The second-order valence-corrected chi connectivity index (χ2v) is 11.9. The summed E-state index contributed by atoms with van der Waals surface area (Å²) in [5.41, 5.74) is 1.32. The van der Waals surface area contributed by atoms with Crippen LogP contribution in [-0.2, 0) is 15.1 Å². The van der Waals surface area contributed by atoms with Crippen molar-refractivity contribution in [1.82, 2.24) is 9.88 Å². The Hall–Kier alpha value is -2.11. The van der Waals surface area contributed by atoms with Gasteiger partial charge in [0.2, 0.25) is 5.91 Å². The molecule has 2 atom stereocenters. The van der Waals surface area contributed by atoms with Crippen LogP contribution in [0.25, 0.3) is 0 Å². The zero-order valence-electron chi connectivity index (χ0n) is 20.7. The number of rotatable bonds is 2. The molecule has 1 aromatic rings. The first-order valence-corrected chi connectivity index (χ1v) is 12.9.